The van der Waals surface area contributed by atoms with Gasteiger partial charge >= 0.3 is 12.1 Å². The van der Waals surface area contributed by atoms with Crippen molar-refractivity contribution >= 4 is 12.1 Å². The molecule has 0 aromatic heterocycles. The predicted molar refractivity (Wildman–Crippen MR) is 79.9 cm³/mol. The van der Waals surface area contributed by atoms with Crippen LogP contribution in [0.2, 0.25) is 0 Å². The van der Waals surface area contributed by atoms with Gasteiger partial charge in [0, 0.05) is 13.5 Å². The molecule has 5 nitrogen and oxygen atoms in total. The number of hydrogen-bond donors (Lipinski definition) is 0. The summed E-state index contributed by atoms with van der Waals surface area (Å²) in [6, 6.07) is 8.76. The van der Waals surface area contributed by atoms with Crippen molar-refractivity contribution in [3.8, 4) is 0 Å². The Bertz CT molecular complexity index is 479. The van der Waals surface area contributed by atoms with Crippen molar-refractivity contribution in [2.24, 2.45) is 0 Å². The third kappa shape index (κ3) is 5.45. The first kappa shape index (κ1) is 17.0. The van der Waals surface area contributed by atoms with Gasteiger partial charge in [-0.05, 0) is 26.3 Å². The number of nitrogens with zero attached hydrogens (tertiary/aromatic N) is 1. The number of ether oxygens (including phenoxy) is 2. The number of benzene rings is 1. The van der Waals surface area contributed by atoms with Crippen molar-refractivity contribution < 1.29 is 19.1 Å². The summed E-state index contributed by atoms with van der Waals surface area (Å²) in [4.78, 5) is 25.3. The molecule has 0 bridgehead atoms. The molecule has 116 valence electrons. The van der Waals surface area contributed by atoms with Crippen molar-refractivity contribution in [2.75, 3.05) is 14.2 Å². The van der Waals surface area contributed by atoms with Crippen LogP contribution in [-0.4, -0.2) is 42.8 Å². The zero-order valence-electron chi connectivity index (χ0n) is 13.3. The Morgan fingerprint density at radius 3 is 2.24 bits per heavy atom. The van der Waals surface area contributed by atoms with Gasteiger partial charge in [0.25, 0.3) is 0 Å². The van der Waals surface area contributed by atoms with Crippen LogP contribution < -0.4 is 0 Å². The molecule has 1 rings (SSSR count). The van der Waals surface area contributed by atoms with Crippen molar-refractivity contribution in [1.29, 1.82) is 0 Å². The summed E-state index contributed by atoms with van der Waals surface area (Å²) in [5, 5.41) is 0. The molecule has 0 saturated carbocycles. The quantitative estimate of drug-likeness (QED) is 0.801. The first-order valence-electron chi connectivity index (χ1n) is 6.82. The number of amides is 1. The van der Waals surface area contributed by atoms with Gasteiger partial charge in [0.2, 0.25) is 0 Å². The SMILES string of the molecule is COC(=O)[C@H](Cc1ccccc1)N(C)C(=O)OC(C)(C)C. The molecule has 5 heteroatoms. The van der Waals surface area contributed by atoms with E-state index in [-0.39, 0.29) is 0 Å². The molecule has 21 heavy (non-hydrogen) atoms. The average molecular weight is 293 g/mol. The van der Waals surface area contributed by atoms with Crippen molar-refractivity contribution in [3.63, 3.8) is 0 Å². The lowest BCUT2D eigenvalue weighted by Gasteiger charge is -2.29. The normalized spacial score (nSPS) is 12.4. The van der Waals surface area contributed by atoms with Gasteiger partial charge in [-0.15, -0.1) is 0 Å². The van der Waals surface area contributed by atoms with Crippen LogP contribution in [0.1, 0.15) is 26.3 Å². The summed E-state index contributed by atoms with van der Waals surface area (Å²) in [7, 11) is 2.85. The molecule has 0 saturated heterocycles. The van der Waals surface area contributed by atoms with Gasteiger partial charge < -0.3 is 9.47 Å². The fourth-order valence-corrected chi connectivity index (χ4v) is 1.81. The minimum atomic E-state index is -0.716. The van der Waals surface area contributed by atoms with E-state index in [9.17, 15) is 9.59 Å². The largest absolute Gasteiger partial charge is 0.467 e. The number of rotatable bonds is 4. The number of carbonyl (C=O) groups excluding carboxylic acids is 2. The molecule has 0 spiro atoms. The maximum Gasteiger partial charge on any atom is 0.410 e. The minimum absolute atomic E-state index is 0.378. The second-order valence-electron chi connectivity index (χ2n) is 5.82. The number of likely N-dealkylation sites (N-methyl/N-ethyl adjacent to an activating group) is 1. The third-order valence-corrected chi connectivity index (χ3v) is 2.89. The van der Waals surface area contributed by atoms with Crippen molar-refractivity contribution in [2.45, 2.75) is 38.8 Å². The van der Waals surface area contributed by atoms with E-state index in [2.05, 4.69) is 0 Å². The van der Waals surface area contributed by atoms with E-state index in [1.54, 1.807) is 27.8 Å². The summed E-state index contributed by atoms with van der Waals surface area (Å²) in [5.41, 5.74) is 0.335. The Labute approximate surface area is 125 Å². The topological polar surface area (TPSA) is 55.8 Å². The van der Waals surface area contributed by atoms with E-state index in [1.807, 2.05) is 30.3 Å². The Morgan fingerprint density at radius 1 is 1.19 bits per heavy atom. The maximum atomic E-state index is 12.1. The summed E-state index contributed by atoms with van der Waals surface area (Å²) < 4.78 is 10.1. The van der Waals surface area contributed by atoms with E-state index in [0.29, 0.717) is 6.42 Å². The zero-order chi connectivity index (χ0) is 16.0. The van der Waals surface area contributed by atoms with E-state index >= 15 is 0 Å². The van der Waals surface area contributed by atoms with Crippen LogP contribution in [0.15, 0.2) is 30.3 Å². The number of hydrogen-bond acceptors (Lipinski definition) is 4. The van der Waals surface area contributed by atoms with Gasteiger partial charge in [-0.3, -0.25) is 4.90 Å². The first-order chi connectivity index (χ1) is 9.74. The van der Waals surface area contributed by atoms with Crippen molar-refractivity contribution in [3.05, 3.63) is 35.9 Å². The molecular formula is C16H23NO4. The Kier molecular flexibility index (Phi) is 5.76. The van der Waals surface area contributed by atoms with E-state index in [0.717, 1.165) is 5.56 Å². The van der Waals surface area contributed by atoms with Crippen LogP contribution in [0.5, 0.6) is 0 Å². The van der Waals surface area contributed by atoms with Gasteiger partial charge in [0.05, 0.1) is 7.11 Å². The molecule has 0 aliphatic heterocycles. The highest BCUT2D eigenvalue weighted by Crippen LogP contribution is 2.14. The average Bonchev–Trinajstić information content (AvgIpc) is 2.42. The molecule has 0 unspecified atom stereocenters. The Morgan fingerprint density at radius 2 is 1.76 bits per heavy atom. The van der Waals surface area contributed by atoms with Gasteiger partial charge in [-0.25, -0.2) is 9.59 Å². The second-order valence-corrected chi connectivity index (χ2v) is 5.82. The smallest absolute Gasteiger partial charge is 0.410 e. The lowest BCUT2D eigenvalue weighted by atomic mass is 10.1. The highest BCUT2D eigenvalue weighted by Gasteiger charge is 2.31. The molecule has 0 heterocycles. The molecule has 1 amide bonds. The lowest BCUT2D eigenvalue weighted by Crippen LogP contribution is -2.46. The van der Waals surface area contributed by atoms with Crippen LogP contribution in [0.4, 0.5) is 4.79 Å². The molecular weight excluding hydrogens is 270 g/mol. The van der Waals surface area contributed by atoms with Gasteiger partial charge in [-0.1, -0.05) is 30.3 Å². The number of carbonyl (C=O) groups is 2. The maximum absolute atomic E-state index is 12.1. The minimum Gasteiger partial charge on any atom is -0.467 e. The van der Waals surface area contributed by atoms with Crippen LogP contribution in [0.3, 0.4) is 0 Å². The summed E-state index contributed by atoms with van der Waals surface area (Å²) >= 11 is 0. The monoisotopic (exact) mass is 293 g/mol. The second kappa shape index (κ2) is 7.11. The van der Waals surface area contributed by atoms with Crippen molar-refractivity contribution in [1.82, 2.24) is 4.90 Å². The first-order valence-corrected chi connectivity index (χ1v) is 6.82. The summed E-state index contributed by atoms with van der Waals surface area (Å²) in [6.45, 7) is 5.34. The Hall–Kier alpha value is -2.04. The summed E-state index contributed by atoms with van der Waals surface area (Å²) in [6.07, 6.45) is -0.169. The molecule has 0 aliphatic carbocycles. The fourth-order valence-electron chi connectivity index (χ4n) is 1.81. The van der Waals surface area contributed by atoms with E-state index in [4.69, 9.17) is 9.47 Å². The third-order valence-electron chi connectivity index (χ3n) is 2.89. The van der Waals surface area contributed by atoms with Crippen LogP contribution in [0, 0.1) is 0 Å². The van der Waals surface area contributed by atoms with Gasteiger partial charge in [0.15, 0.2) is 0 Å². The number of methoxy groups -OCH3 is 1. The van der Waals surface area contributed by atoms with Gasteiger partial charge in [-0.2, -0.15) is 0 Å². The highest BCUT2D eigenvalue weighted by molar-refractivity contribution is 5.81. The highest BCUT2D eigenvalue weighted by atomic mass is 16.6. The molecule has 1 aromatic rings. The standard InChI is InChI=1S/C16H23NO4/c1-16(2,3)21-15(19)17(4)13(14(18)20-5)11-12-9-7-6-8-10-12/h6-10,13H,11H2,1-5H3/t13-/m0/s1. The molecule has 0 radical (unpaired) electrons. The molecule has 1 aromatic carbocycles. The lowest BCUT2D eigenvalue weighted by molar-refractivity contribution is -0.146. The van der Waals surface area contributed by atoms with Gasteiger partial charge in [0.1, 0.15) is 11.6 Å². The van der Waals surface area contributed by atoms with E-state index in [1.165, 1.54) is 12.0 Å². The van der Waals surface area contributed by atoms with E-state index < -0.39 is 23.7 Å². The molecule has 0 N–H and O–H groups in total. The van der Waals surface area contributed by atoms with Crippen LogP contribution in [-0.2, 0) is 20.7 Å². The molecule has 1 atom stereocenters. The molecule has 0 fully saturated rings. The number of esters is 1. The van der Waals surface area contributed by atoms with Crippen LogP contribution >= 0.6 is 0 Å². The summed E-state index contributed by atoms with van der Waals surface area (Å²) in [5.74, 6) is -0.466. The van der Waals surface area contributed by atoms with Crippen LogP contribution in [0.25, 0.3) is 0 Å². The predicted octanol–water partition coefficient (Wildman–Crippen LogP) is 2.64. The zero-order valence-corrected chi connectivity index (χ0v) is 13.3. The fraction of sp³-hybridized carbons (Fsp3) is 0.500. The Balaban J connectivity index is 2.87. The molecule has 0 aliphatic rings.